The number of hydrogen-bond donors (Lipinski definition) is 0. The minimum absolute atomic E-state index is 0.157. The molecule has 0 radical (unpaired) electrons. The highest BCUT2D eigenvalue weighted by Crippen LogP contribution is 2.28. The normalized spacial score (nSPS) is 11.8. The number of aryl methyl sites for hydroxylation is 3. The number of ether oxygens (including phenoxy) is 1. The van der Waals surface area contributed by atoms with Gasteiger partial charge in [0, 0.05) is 17.7 Å². The molecule has 0 aliphatic heterocycles. The van der Waals surface area contributed by atoms with Crippen molar-refractivity contribution in [3.8, 4) is 17.0 Å². The van der Waals surface area contributed by atoms with Crippen LogP contribution in [0.5, 0.6) is 5.75 Å². The van der Waals surface area contributed by atoms with Gasteiger partial charge in [-0.3, -0.25) is 0 Å². The summed E-state index contributed by atoms with van der Waals surface area (Å²) in [6.07, 6.45) is -4.09. The summed E-state index contributed by atoms with van der Waals surface area (Å²) in [5, 5.41) is 12.2. The van der Waals surface area contributed by atoms with Gasteiger partial charge in [0.25, 0.3) is 0 Å². The number of alkyl halides is 4. The Morgan fingerprint density at radius 2 is 1.89 bits per heavy atom. The molecule has 2 aromatic heterocycles. The molecule has 0 N–H and O–H groups in total. The third kappa shape index (κ3) is 4.41. The van der Waals surface area contributed by atoms with Gasteiger partial charge in [-0.25, -0.2) is 4.68 Å². The van der Waals surface area contributed by atoms with E-state index >= 15 is 0 Å². The van der Waals surface area contributed by atoms with Crippen molar-refractivity contribution in [2.45, 2.75) is 39.1 Å². The first kappa shape index (κ1) is 19.2. The zero-order chi connectivity index (χ0) is 19.6. The third-order valence-corrected chi connectivity index (χ3v) is 4.33. The van der Waals surface area contributed by atoms with Gasteiger partial charge in [0.1, 0.15) is 17.2 Å². The average molecular weight is 401 g/mol. The smallest absolute Gasteiger partial charge is 0.406 e. The molecule has 0 aliphatic rings. The van der Waals surface area contributed by atoms with Crippen molar-refractivity contribution in [1.82, 2.24) is 20.2 Å². The summed E-state index contributed by atoms with van der Waals surface area (Å²) in [4.78, 5) is 0. The fourth-order valence-corrected chi connectivity index (χ4v) is 3.02. The van der Waals surface area contributed by atoms with Crippen molar-refractivity contribution in [3.05, 3.63) is 47.0 Å². The second-order valence-corrected chi connectivity index (χ2v) is 6.13. The van der Waals surface area contributed by atoms with E-state index in [0.717, 1.165) is 17.0 Å². The highest BCUT2D eigenvalue weighted by Gasteiger charge is 2.31. The zero-order valence-corrected chi connectivity index (χ0v) is 15.3. The number of halogens is 4. The molecule has 27 heavy (non-hydrogen) atoms. The Kier molecular flexibility index (Phi) is 5.41. The van der Waals surface area contributed by atoms with Crippen LogP contribution in [0.15, 0.2) is 28.8 Å². The molecule has 0 spiro atoms. The molecule has 0 atom stereocenters. The summed E-state index contributed by atoms with van der Waals surface area (Å²) in [6, 6.07) is 5.42. The van der Waals surface area contributed by atoms with Gasteiger partial charge in [0.2, 0.25) is 0 Å². The first-order valence-corrected chi connectivity index (χ1v) is 8.58. The predicted molar refractivity (Wildman–Crippen MR) is 91.4 cm³/mol. The van der Waals surface area contributed by atoms with Crippen molar-refractivity contribution in [3.63, 3.8) is 0 Å². The Morgan fingerprint density at radius 1 is 1.19 bits per heavy atom. The Morgan fingerprint density at radius 3 is 2.44 bits per heavy atom. The lowest BCUT2D eigenvalue weighted by Gasteiger charge is -2.09. The van der Waals surface area contributed by atoms with Crippen LogP contribution in [0.4, 0.5) is 13.2 Å². The Balaban J connectivity index is 1.79. The molecule has 0 bridgehead atoms. The van der Waals surface area contributed by atoms with Crippen LogP contribution in [0.1, 0.15) is 22.7 Å². The monoisotopic (exact) mass is 400 g/mol. The van der Waals surface area contributed by atoms with Crippen LogP contribution in [0.2, 0.25) is 0 Å². The van der Waals surface area contributed by atoms with Gasteiger partial charge in [-0.05, 0) is 44.5 Å². The number of hydrogen-bond acceptors (Lipinski definition) is 5. The highest BCUT2D eigenvalue weighted by atomic mass is 35.5. The van der Waals surface area contributed by atoms with E-state index in [1.54, 1.807) is 4.68 Å². The SMILES string of the molecule is Cc1noc(C)c1CCn1nnc(-c2ccc(OC(F)(F)F)cc2)c1CCl. The lowest BCUT2D eigenvalue weighted by atomic mass is 10.1. The summed E-state index contributed by atoms with van der Waals surface area (Å²) < 4.78 is 47.5. The molecule has 3 rings (SSSR count). The summed E-state index contributed by atoms with van der Waals surface area (Å²) in [5.41, 5.74) is 3.61. The largest absolute Gasteiger partial charge is 0.573 e. The van der Waals surface area contributed by atoms with Crippen molar-refractivity contribution in [1.29, 1.82) is 0 Å². The molecule has 0 saturated heterocycles. The standard InChI is InChI=1S/C17H16ClF3N4O2/c1-10-14(11(2)27-23-10)7-8-25-15(9-18)16(22-24-25)12-3-5-13(6-4-12)26-17(19,20)21/h3-6H,7-9H2,1-2H3. The van der Waals surface area contributed by atoms with E-state index in [9.17, 15) is 13.2 Å². The number of rotatable bonds is 6. The molecule has 0 saturated carbocycles. The van der Waals surface area contributed by atoms with Gasteiger partial charge < -0.3 is 9.26 Å². The fourth-order valence-electron chi connectivity index (χ4n) is 2.76. The van der Waals surface area contributed by atoms with Crippen molar-refractivity contribution >= 4 is 11.6 Å². The Labute approximate surface area is 157 Å². The highest BCUT2D eigenvalue weighted by molar-refractivity contribution is 6.17. The molecule has 2 heterocycles. The van der Waals surface area contributed by atoms with Crippen molar-refractivity contribution in [2.75, 3.05) is 0 Å². The molecular weight excluding hydrogens is 385 g/mol. The maximum absolute atomic E-state index is 12.3. The molecule has 0 unspecified atom stereocenters. The summed E-state index contributed by atoms with van der Waals surface area (Å²) in [6.45, 7) is 4.23. The van der Waals surface area contributed by atoms with Crippen LogP contribution in [-0.4, -0.2) is 26.5 Å². The minimum Gasteiger partial charge on any atom is -0.406 e. The van der Waals surface area contributed by atoms with Crippen LogP contribution in [0.25, 0.3) is 11.3 Å². The van der Waals surface area contributed by atoms with Gasteiger partial charge in [0.05, 0.1) is 17.3 Å². The Bertz CT molecular complexity index is 900. The molecular formula is C17H16ClF3N4O2. The van der Waals surface area contributed by atoms with Gasteiger partial charge in [-0.2, -0.15) is 0 Å². The minimum atomic E-state index is -4.73. The first-order valence-electron chi connectivity index (χ1n) is 8.04. The van der Waals surface area contributed by atoms with Crippen molar-refractivity contribution in [2.24, 2.45) is 0 Å². The molecule has 0 amide bonds. The van der Waals surface area contributed by atoms with E-state index < -0.39 is 6.36 Å². The summed E-state index contributed by atoms with van der Waals surface area (Å²) >= 11 is 6.06. The van der Waals surface area contributed by atoms with Crippen LogP contribution in [-0.2, 0) is 18.8 Å². The van der Waals surface area contributed by atoms with Gasteiger partial charge >= 0.3 is 6.36 Å². The van der Waals surface area contributed by atoms with E-state index in [1.165, 1.54) is 24.3 Å². The number of aromatic nitrogens is 4. The van der Waals surface area contributed by atoms with Gasteiger partial charge in [-0.15, -0.1) is 29.9 Å². The van der Waals surface area contributed by atoms with E-state index in [4.69, 9.17) is 16.1 Å². The first-order chi connectivity index (χ1) is 12.8. The third-order valence-electron chi connectivity index (χ3n) is 4.08. The van der Waals surface area contributed by atoms with Crippen LogP contribution >= 0.6 is 11.6 Å². The van der Waals surface area contributed by atoms with E-state index in [0.29, 0.717) is 29.9 Å². The lowest BCUT2D eigenvalue weighted by molar-refractivity contribution is -0.274. The second kappa shape index (κ2) is 7.59. The molecule has 1 aromatic carbocycles. The predicted octanol–water partition coefficient (Wildman–Crippen LogP) is 4.43. The fraction of sp³-hybridized carbons (Fsp3) is 0.353. The molecule has 10 heteroatoms. The Hall–Kier alpha value is -2.55. The quantitative estimate of drug-likeness (QED) is 0.573. The van der Waals surface area contributed by atoms with Crippen LogP contribution in [0, 0.1) is 13.8 Å². The molecule has 3 aromatic rings. The maximum atomic E-state index is 12.3. The van der Waals surface area contributed by atoms with Crippen molar-refractivity contribution < 1.29 is 22.4 Å². The van der Waals surface area contributed by atoms with Gasteiger partial charge in [0.15, 0.2) is 0 Å². The summed E-state index contributed by atoms with van der Waals surface area (Å²) in [5.74, 6) is 0.607. The topological polar surface area (TPSA) is 66.0 Å². The molecule has 0 aliphatic carbocycles. The molecule has 0 fully saturated rings. The van der Waals surface area contributed by atoms with E-state index in [1.807, 2.05) is 13.8 Å². The number of nitrogens with zero attached hydrogens (tertiary/aromatic N) is 4. The maximum Gasteiger partial charge on any atom is 0.573 e. The van der Waals surface area contributed by atoms with Crippen LogP contribution in [0.3, 0.4) is 0 Å². The molecule has 6 nitrogen and oxygen atoms in total. The summed E-state index contributed by atoms with van der Waals surface area (Å²) in [7, 11) is 0. The zero-order valence-electron chi connectivity index (χ0n) is 14.5. The second-order valence-electron chi connectivity index (χ2n) is 5.87. The van der Waals surface area contributed by atoms with Crippen LogP contribution < -0.4 is 4.74 Å². The van der Waals surface area contributed by atoms with E-state index in [-0.39, 0.29) is 11.6 Å². The lowest BCUT2D eigenvalue weighted by Crippen LogP contribution is -2.16. The molecule has 144 valence electrons. The van der Waals surface area contributed by atoms with Gasteiger partial charge in [-0.1, -0.05) is 10.4 Å². The number of benzene rings is 1. The van der Waals surface area contributed by atoms with E-state index in [2.05, 4.69) is 20.2 Å². The average Bonchev–Trinajstić information content (AvgIpc) is 3.15.